The lowest BCUT2D eigenvalue weighted by Gasteiger charge is -2.30. The fourth-order valence-electron chi connectivity index (χ4n) is 2.96. The van der Waals surface area contributed by atoms with E-state index in [1.807, 2.05) is 37.3 Å². The summed E-state index contributed by atoms with van der Waals surface area (Å²) in [5.41, 5.74) is 0.214. The minimum atomic E-state index is -1.16. The zero-order valence-corrected chi connectivity index (χ0v) is 15.7. The average Bonchev–Trinajstić information content (AvgIpc) is 3.43. The van der Waals surface area contributed by atoms with Crippen LogP contribution in [0.1, 0.15) is 38.3 Å². The molecule has 1 saturated carbocycles. The molecular weight excluding hydrogens is 346 g/mol. The number of allylic oxidation sites excluding steroid dienone is 1. The van der Waals surface area contributed by atoms with Gasteiger partial charge >= 0.3 is 11.9 Å². The van der Waals surface area contributed by atoms with Crippen LogP contribution in [0, 0.1) is 0 Å². The molecule has 144 valence electrons. The first-order valence-corrected chi connectivity index (χ1v) is 9.15. The summed E-state index contributed by atoms with van der Waals surface area (Å²) in [5, 5.41) is 0. The van der Waals surface area contributed by atoms with E-state index in [1.165, 1.54) is 0 Å². The highest BCUT2D eigenvalue weighted by molar-refractivity contribution is 5.93. The molecule has 1 saturated heterocycles. The molecule has 27 heavy (non-hydrogen) atoms. The van der Waals surface area contributed by atoms with Gasteiger partial charge in [-0.15, -0.1) is 0 Å². The first-order valence-electron chi connectivity index (χ1n) is 9.15. The molecule has 0 radical (unpaired) electrons. The molecule has 1 unspecified atom stereocenters. The van der Waals surface area contributed by atoms with Crippen molar-refractivity contribution < 1.29 is 23.8 Å². The number of benzene rings is 1. The van der Waals surface area contributed by atoms with E-state index in [1.54, 1.807) is 24.1 Å². The zero-order chi connectivity index (χ0) is 19.4. The van der Waals surface area contributed by atoms with Crippen molar-refractivity contribution in [3.05, 3.63) is 60.4 Å². The fraction of sp³-hybridized carbons (Fsp3) is 0.429. The third-order valence-electron chi connectivity index (χ3n) is 4.90. The zero-order valence-electron chi connectivity index (χ0n) is 15.7. The molecule has 1 aliphatic heterocycles. The predicted octanol–water partition coefficient (Wildman–Crippen LogP) is 3.11. The third kappa shape index (κ3) is 4.06. The summed E-state index contributed by atoms with van der Waals surface area (Å²) < 4.78 is 15.9. The van der Waals surface area contributed by atoms with Gasteiger partial charge in [0.25, 0.3) is 0 Å². The first-order chi connectivity index (χ1) is 13.0. The molecule has 0 spiro atoms. The summed E-state index contributed by atoms with van der Waals surface area (Å²) in [4.78, 5) is 26.9. The second-order valence-corrected chi connectivity index (χ2v) is 6.80. The van der Waals surface area contributed by atoms with Crippen LogP contribution < -0.4 is 0 Å². The predicted molar refractivity (Wildman–Crippen MR) is 99.4 cm³/mol. The Labute approximate surface area is 159 Å². The number of hydrogen-bond donors (Lipinski definition) is 0. The molecule has 3 rings (SSSR count). The number of carbonyl (C=O) groups is 2. The monoisotopic (exact) mass is 371 g/mol. The van der Waals surface area contributed by atoms with E-state index in [-0.39, 0.29) is 12.1 Å². The van der Waals surface area contributed by atoms with Gasteiger partial charge in [0.05, 0.1) is 19.3 Å². The lowest BCUT2D eigenvalue weighted by molar-refractivity contribution is -0.189. The Balaban J connectivity index is 1.69. The third-order valence-corrected chi connectivity index (χ3v) is 4.90. The Morgan fingerprint density at radius 1 is 1.30 bits per heavy atom. The van der Waals surface area contributed by atoms with Crippen molar-refractivity contribution in [1.29, 1.82) is 0 Å². The highest BCUT2D eigenvalue weighted by atomic mass is 16.6. The van der Waals surface area contributed by atoms with E-state index in [4.69, 9.17) is 14.2 Å². The Morgan fingerprint density at radius 2 is 1.96 bits per heavy atom. The fourth-order valence-corrected chi connectivity index (χ4v) is 2.96. The van der Waals surface area contributed by atoms with E-state index in [0.29, 0.717) is 31.8 Å². The summed E-state index contributed by atoms with van der Waals surface area (Å²) in [7, 11) is 0. The van der Waals surface area contributed by atoms with Crippen LogP contribution in [-0.2, 0) is 23.8 Å². The van der Waals surface area contributed by atoms with Crippen molar-refractivity contribution in [2.75, 3.05) is 13.2 Å². The summed E-state index contributed by atoms with van der Waals surface area (Å²) in [6, 6.07) is 9.69. The molecule has 2 aliphatic rings. The number of rotatable bonds is 8. The van der Waals surface area contributed by atoms with Crippen molar-refractivity contribution in [3.8, 4) is 0 Å². The Kier molecular flexibility index (Phi) is 5.65. The van der Waals surface area contributed by atoms with Crippen LogP contribution in [0.15, 0.2) is 54.9 Å². The molecule has 2 fully saturated rings. The van der Waals surface area contributed by atoms with Crippen molar-refractivity contribution in [3.63, 3.8) is 0 Å². The quantitative estimate of drug-likeness (QED) is 0.517. The maximum absolute atomic E-state index is 12.8. The van der Waals surface area contributed by atoms with Gasteiger partial charge in [-0.1, -0.05) is 43.0 Å². The number of nitrogens with zero attached hydrogens (tertiary/aromatic N) is 1. The summed E-state index contributed by atoms with van der Waals surface area (Å²) in [6.45, 7) is 8.37. The number of esters is 2. The lowest BCUT2D eigenvalue weighted by Crippen LogP contribution is -2.43. The van der Waals surface area contributed by atoms with Crippen LogP contribution in [0.3, 0.4) is 0 Å². The van der Waals surface area contributed by atoms with Crippen molar-refractivity contribution in [2.45, 2.75) is 44.4 Å². The minimum absolute atomic E-state index is 0.114. The van der Waals surface area contributed by atoms with Crippen LogP contribution in [0.25, 0.3) is 0 Å². The normalized spacial score (nSPS) is 19.4. The van der Waals surface area contributed by atoms with Gasteiger partial charge in [0.15, 0.2) is 0 Å². The van der Waals surface area contributed by atoms with Crippen LogP contribution >= 0.6 is 0 Å². The van der Waals surface area contributed by atoms with Gasteiger partial charge in [-0.25, -0.2) is 9.59 Å². The molecule has 1 aromatic carbocycles. The summed E-state index contributed by atoms with van der Waals surface area (Å²) in [6.07, 6.45) is 3.98. The molecule has 0 N–H and O–H groups in total. The van der Waals surface area contributed by atoms with Gasteiger partial charge in [-0.2, -0.15) is 0 Å². The molecule has 6 nitrogen and oxygen atoms in total. The van der Waals surface area contributed by atoms with Gasteiger partial charge in [0.2, 0.25) is 5.60 Å². The largest absolute Gasteiger partial charge is 0.454 e. The molecule has 1 aromatic rings. The SMILES string of the molecule is C=CN(/C(=C\C)C(=O)OC1(C(=O)OC2COC2)CC1)C(C)c1ccccc1. The maximum Gasteiger partial charge on any atom is 0.355 e. The molecule has 0 amide bonds. The second-order valence-electron chi connectivity index (χ2n) is 6.80. The molecule has 0 aromatic heterocycles. The van der Waals surface area contributed by atoms with Gasteiger partial charge in [-0.3, -0.25) is 0 Å². The highest BCUT2D eigenvalue weighted by Gasteiger charge is 2.57. The van der Waals surface area contributed by atoms with E-state index < -0.39 is 17.5 Å². The topological polar surface area (TPSA) is 65.1 Å². The van der Waals surface area contributed by atoms with Crippen LogP contribution in [0.4, 0.5) is 0 Å². The molecule has 1 heterocycles. The van der Waals surface area contributed by atoms with E-state index in [2.05, 4.69) is 6.58 Å². The second kappa shape index (κ2) is 7.96. The van der Waals surface area contributed by atoms with Crippen molar-refractivity contribution in [1.82, 2.24) is 4.90 Å². The van der Waals surface area contributed by atoms with Crippen molar-refractivity contribution in [2.24, 2.45) is 0 Å². The lowest BCUT2D eigenvalue weighted by atomic mass is 10.1. The minimum Gasteiger partial charge on any atom is -0.454 e. The van der Waals surface area contributed by atoms with Gasteiger partial charge in [-0.05, 0) is 25.6 Å². The first kappa shape index (κ1) is 19.2. The van der Waals surface area contributed by atoms with Crippen LogP contribution in [-0.4, -0.2) is 41.8 Å². The summed E-state index contributed by atoms with van der Waals surface area (Å²) >= 11 is 0. The van der Waals surface area contributed by atoms with Crippen LogP contribution in [0.5, 0.6) is 0 Å². The molecule has 0 bridgehead atoms. The van der Waals surface area contributed by atoms with E-state index in [0.717, 1.165) is 5.56 Å². The van der Waals surface area contributed by atoms with Gasteiger partial charge in [0, 0.05) is 12.8 Å². The summed E-state index contributed by atoms with van der Waals surface area (Å²) in [5.74, 6) is -1.04. The average molecular weight is 371 g/mol. The number of hydrogen-bond acceptors (Lipinski definition) is 6. The Morgan fingerprint density at radius 3 is 2.44 bits per heavy atom. The molecular formula is C21H25NO5. The van der Waals surface area contributed by atoms with E-state index in [9.17, 15) is 9.59 Å². The van der Waals surface area contributed by atoms with Crippen molar-refractivity contribution >= 4 is 11.9 Å². The van der Waals surface area contributed by atoms with E-state index >= 15 is 0 Å². The molecule has 1 aliphatic carbocycles. The number of carbonyl (C=O) groups excluding carboxylic acids is 2. The molecule has 1 atom stereocenters. The Hall–Kier alpha value is -2.60. The molecule has 6 heteroatoms. The smallest absolute Gasteiger partial charge is 0.355 e. The van der Waals surface area contributed by atoms with Gasteiger partial charge in [0.1, 0.15) is 11.8 Å². The highest BCUT2D eigenvalue weighted by Crippen LogP contribution is 2.42. The number of ether oxygens (including phenoxy) is 3. The Bertz CT molecular complexity index is 734. The standard InChI is InChI=1S/C21H25NO5/c1-4-18(22(5-2)15(3)16-9-7-6-8-10-16)19(23)27-21(11-12-21)20(24)26-17-13-25-14-17/h4-10,15,17H,2,11-14H2,1,3H3/b18-4-. The van der Waals surface area contributed by atoms with Gasteiger partial charge < -0.3 is 19.1 Å². The van der Waals surface area contributed by atoms with Crippen LogP contribution in [0.2, 0.25) is 0 Å². The maximum atomic E-state index is 12.8.